The van der Waals surface area contributed by atoms with Crippen molar-refractivity contribution in [3.63, 3.8) is 0 Å². The van der Waals surface area contributed by atoms with E-state index in [1.807, 2.05) is 17.8 Å². The number of hydrogen-bond donors (Lipinski definition) is 1. The van der Waals surface area contributed by atoms with E-state index >= 15 is 0 Å². The quantitative estimate of drug-likeness (QED) is 0.617. The molecule has 1 aliphatic rings. The fourth-order valence-corrected chi connectivity index (χ4v) is 3.49. The van der Waals surface area contributed by atoms with Gasteiger partial charge in [-0.3, -0.25) is 4.79 Å². The average molecular weight is 324 g/mol. The zero-order chi connectivity index (χ0) is 15.6. The van der Waals surface area contributed by atoms with Crippen LogP contribution < -0.4 is 5.32 Å². The van der Waals surface area contributed by atoms with Gasteiger partial charge >= 0.3 is 0 Å². The van der Waals surface area contributed by atoms with Crippen molar-refractivity contribution in [2.45, 2.75) is 43.7 Å². The van der Waals surface area contributed by atoms with Gasteiger partial charge in [0.25, 0.3) is 0 Å². The number of nitrogens with one attached hydrogen (secondary N) is 1. The lowest BCUT2D eigenvalue weighted by molar-refractivity contribution is -0.121. The molecule has 2 heterocycles. The first-order valence-corrected chi connectivity index (χ1v) is 9.33. The molecule has 1 amide bonds. The van der Waals surface area contributed by atoms with Crippen molar-refractivity contribution in [2.24, 2.45) is 7.05 Å². The molecule has 1 fully saturated rings. The summed E-state index contributed by atoms with van der Waals surface area (Å²) in [5, 5.41) is 4.00. The van der Waals surface area contributed by atoms with E-state index in [-0.39, 0.29) is 5.91 Å². The highest BCUT2D eigenvalue weighted by molar-refractivity contribution is 7.99. The van der Waals surface area contributed by atoms with Gasteiger partial charge in [0.1, 0.15) is 0 Å². The van der Waals surface area contributed by atoms with Gasteiger partial charge in [-0.05, 0) is 25.9 Å². The lowest BCUT2D eigenvalue weighted by Crippen LogP contribution is -2.33. The molecule has 0 aromatic carbocycles. The number of nitrogens with zero attached hydrogens (tertiary/aromatic N) is 3. The van der Waals surface area contributed by atoms with Crippen LogP contribution in [-0.2, 0) is 11.8 Å². The van der Waals surface area contributed by atoms with Crippen LogP contribution in [0.3, 0.4) is 0 Å². The number of amides is 1. The van der Waals surface area contributed by atoms with Crippen LogP contribution in [0.15, 0.2) is 17.6 Å². The lowest BCUT2D eigenvalue weighted by Gasteiger charge is -2.24. The second-order valence-electron chi connectivity index (χ2n) is 5.88. The van der Waals surface area contributed by atoms with Crippen LogP contribution in [0.5, 0.6) is 0 Å². The fourth-order valence-electron chi connectivity index (χ4n) is 2.71. The van der Waals surface area contributed by atoms with Crippen molar-refractivity contribution in [1.29, 1.82) is 0 Å². The van der Waals surface area contributed by atoms with Gasteiger partial charge in [0.2, 0.25) is 5.91 Å². The van der Waals surface area contributed by atoms with Crippen molar-refractivity contribution in [2.75, 3.05) is 31.9 Å². The molecular formula is C16H28N4OS. The van der Waals surface area contributed by atoms with Gasteiger partial charge < -0.3 is 14.8 Å². The number of hydrogen-bond acceptors (Lipinski definition) is 4. The molecule has 22 heavy (non-hydrogen) atoms. The second-order valence-corrected chi connectivity index (χ2v) is 6.94. The molecule has 0 unspecified atom stereocenters. The molecule has 5 nitrogen and oxygen atoms in total. The maximum atomic E-state index is 11.9. The van der Waals surface area contributed by atoms with Crippen molar-refractivity contribution >= 4 is 17.7 Å². The second kappa shape index (κ2) is 9.90. The molecule has 6 heteroatoms. The summed E-state index contributed by atoms with van der Waals surface area (Å²) < 4.78 is 1.99. The number of aryl methyl sites for hydroxylation is 1. The van der Waals surface area contributed by atoms with E-state index in [1.165, 1.54) is 32.1 Å². The number of thioether (sulfide) groups is 1. The van der Waals surface area contributed by atoms with E-state index in [1.54, 1.807) is 18.0 Å². The minimum Gasteiger partial charge on any atom is -0.355 e. The Morgan fingerprint density at radius 2 is 2.00 bits per heavy atom. The molecule has 1 aromatic heterocycles. The molecule has 0 bridgehead atoms. The standard InChI is InChI=1S/C16H28N4OS/c1-19-13-8-18-16(19)22-14-9-17-15(21)7-12-20-10-5-3-2-4-6-11-20/h8,13H,2-7,9-12,14H2,1H3,(H,17,21). The van der Waals surface area contributed by atoms with Crippen LogP contribution in [0.25, 0.3) is 0 Å². The van der Waals surface area contributed by atoms with Gasteiger partial charge in [-0.15, -0.1) is 0 Å². The molecule has 1 N–H and O–H groups in total. The Morgan fingerprint density at radius 1 is 1.27 bits per heavy atom. The van der Waals surface area contributed by atoms with Crippen LogP contribution in [0.1, 0.15) is 38.5 Å². The zero-order valence-electron chi connectivity index (χ0n) is 13.6. The third-order valence-corrected chi connectivity index (χ3v) is 5.10. The Bertz CT molecular complexity index is 441. The lowest BCUT2D eigenvalue weighted by atomic mass is 10.1. The zero-order valence-corrected chi connectivity index (χ0v) is 14.4. The normalized spacial score (nSPS) is 17.0. The minimum atomic E-state index is 0.169. The van der Waals surface area contributed by atoms with Crippen molar-refractivity contribution in [1.82, 2.24) is 19.8 Å². The first kappa shape index (κ1) is 17.3. The average Bonchev–Trinajstić information content (AvgIpc) is 2.88. The first-order valence-electron chi connectivity index (χ1n) is 8.35. The summed E-state index contributed by atoms with van der Waals surface area (Å²) in [5.41, 5.74) is 0. The molecule has 1 aliphatic heterocycles. The number of imidazole rings is 1. The minimum absolute atomic E-state index is 0.169. The van der Waals surface area contributed by atoms with Crippen LogP contribution >= 0.6 is 11.8 Å². The highest BCUT2D eigenvalue weighted by Gasteiger charge is 2.10. The molecule has 1 aromatic rings. The van der Waals surface area contributed by atoms with Crippen LogP contribution in [0.4, 0.5) is 0 Å². The van der Waals surface area contributed by atoms with E-state index in [9.17, 15) is 4.79 Å². The third-order valence-electron chi connectivity index (χ3n) is 4.04. The summed E-state index contributed by atoms with van der Waals surface area (Å²) in [6.45, 7) is 3.92. The Labute approximate surface area is 137 Å². The Balaban J connectivity index is 1.54. The predicted octanol–water partition coefficient (Wildman–Crippen LogP) is 2.28. The molecular weight excluding hydrogens is 296 g/mol. The number of carbonyl (C=O) groups excluding carboxylic acids is 1. The SMILES string of the molecule is Cn1ccnc1SCCNC(=O)CCN1CCCCCCC1. The number of carbonyl (C=O) groups is 1. The highest BCUT2D eigenvalue weighted by atomic mass is 32.2. The Kier molecular flexibility index (Phi) is 7.80. The first-order chi connectivity index (χ1) is 10.8. The van der Waals surface area contributed by atoms with Crippen LogP contribution in [-0.4, -0.2) is 52.3 Å². The molecule has 0 aliphatic carbocycles. The van der Waals surface area contributed by atoms with Crippen molar-refractivity contribution in [3.8, 4) is 0 Å². The van der Waals surface area contributed by atoms with Crippen molar-refractivity contribution in [3.05, 3.63) is 12.4 Å². The monoisotopic (exact) mass is 324 g/mol. The predicted molar refractivity (Wildman–Crippen MR) is 91.1 cm³/mol. The largest absolute Gasteiger partial charge is 0.355 e. The summed E-state index contributed by atoms with van der Waals surface area (Å²) in [4.78, 5) is 18.6. The van der Waals surface area contributed by atoms with Crippen LogP contribution in [0.2, 0.25) is 0 Å². The fraction of sp³-hybridized carbons (Fsp3) is 0.750. The molecule has 2 rings (SSSR count). The highest BCUT2D eigenvalue weighted by Crippen LogP contribution is 2.13. The summed E-state index contributed by atoms with van der Waals surface area (Å²) in [6.07, 6.45) is 11.0. The third kappa shape index (κ3) is 6.40. The van der Waals surface area contributed by atoms with Gasteiger partial charge in [0, 0.05) is 44.7 Å². The topological polar surface area (TPSA) is 50.2 Å². The number of aromatic nitrogens is 2. The molecule has 0 radical (unpaired) electrons. The van der Waals surface area contributed by atoms with E-state index in [4.69, 9.17) is 0 Å². The van der Waals surface area contributed by atoms with E-state index in [2.05, 4.69) is 15.2 Å². The van der Waals surface area contributed by atoms with Gasteiger partial charge in [0.15, 0.2) is 5.16 Å². The maximum absolute atomic E-state index is 11.9. The molecule has 0 saturated carbocycles. The summed E-state index contributed by atoms with van der Waals surface area (Å²) in [5.74, 6) is 1.03. The smallest absolute Gasteiger partial charge is 0.221 e. The van der Waals surface area contributed by atoms with Crippen LogP contribution in [0, 0.1) is 0 Å². The number of likely N-dealkylation sites (tertiary alicyclic amines) is 1. The Morgan fingerprint density at radius 3 is 2.68 bits per heavy atom. The molecule has 0 atom stereocenters. The summed E-state index contributed by atoms with van der Waals surface area (Å²) in [6, 6.07) is 0. The van der Waals surface area contributed by atoms with E-state index in [0.717, 1.165) is 30.5 Å². The van der Waals surface area contributed by atoms with Gasteiger partial charge in [-0.1, -0.05) is 31.0 Å². The van der Waals surface area contributed by atoms with Gasteiger partial charge in [-0.2, -0.15) is 0 Å². The van der Waals surface area contributed by atoms with E-state index < -0.39 is 0 Å². The molecule has 0 spiro atoms. The molecule has 124 valence electrons. The summed E-state index contributed by atoms with van der Waals surface area (Å²) >= 11 is 1.67. The maximum Gasteiger partial charge on any atom is 0.221 e. The summed E-state index contributed by atoms with van der Waals surface area (Å²) in [7, 11) is 1.98. The van der Waals surface area contributed by atoms with E-state index in [0.29, 0.717) is 13.0 Å². The van der Waals surface area contributed by atoms with Crippen molar-refractivity contribution < 1.29 is 4.79 Å². The molecule has 1 saturated heterocycles. The Hall–Kier alpha value is -1.01. The number of rotatable bonds is 7. The van der Waals surface area contributed by atoms with Gasteiger partial charge in [0.05, 0.1) is 0 Å². The van der Waals surface area contributed by atoms with Gasteiger partial charge in [-0.25, -0.2) is 4.98 Å².